The van der Waals surface area contributed by atoms with Crippen LogP contribution >= 0.6 is 11.6 Å². The van der Waals surface area contributed by atoms with Crippen LogP contribution in [-0.4, -0.2) is 6.61 Å². The first-order valence-electron chi connectivity index (χ1n) is 2.02. The molecular formula is C4H5ClF2O. The molecule has 0 aliphatic rings. The Morgan fingerprint density at radius 3 is 2.25 bits per heavy atom. The molecule has 0 fully saturated rings. The van der Waals surface area contributed by atoms with Crippen LogP contribution in [0, 0.1) is 0 Å². The Labute approximate surface area is 50.9 Å². The summed E-state index contributed by atoms with van der Waals surface area (Å²) in [5.41, 5.74) is 0. The van der Waals surface area contributed by atoms with Crippen LogP contribution in [0.1, 0.15) is 6.92 Å². The van der Waals surface area contributed by atoms with Crippen molar-refractivity contribution in [3.8, 4) is 0 Å². The van der Waals surface area contributed by atoms with E-state index in [0.717, 1.165) is 0 Å². The minimum Gasteiger partial charge on any atom is -0.468 e. The number of ether oxygens (including phenoxy) is 1. The first kappa shape index (κ1) is 7.69. The predicted molar refractivity (Wildman–Crippen MR) is 26.7 cm³/mol. The molecule has 0 aromatic heterocycles. The van der Waals surface area contributed by atoms with Gasteiger partial charge in [0, 0.05) is 0 Å². The Morgan fingerprint density at radius 1 is 1.62 bits per heavy atom. The van der Waals surface area contributed by atoms with E-state index in [1.165, 1.54) is 6.92 Å². The van der Waals surface area contributed by atoms with E-state index in [1.54, 1.807) is 0 Å². The Kier molecular flexibility index (Phi) is 3.52. The maximum atomic E-state index is 11.7. The molecule has 0 amide bonds. The molecule has 1 nitrogen and oxygen atoms in total. The molecule has 48 valence electrons. The molecule has 0 rings (SSSR count). The van der Waals surface area contributed by atoms with Crippen LogP contribution in [0.4, 0.5) is 8.78 Å². The molecule has 0 saturated heterocycles. The third-order valence-electron chi connectivity index (χ3n) is 0.420. The maximum absolute atomic E-state index is 11.7. The molecule has 0 heterocycles. The van der Waals surface area contributed by atoms with Crippen LogP contribution in [0.2, 0.25) is 0 Å². The van der Waals surface area contributed by atoms with E-state index in [9.17, 15) is 8.78 Å². The molecule has 0 unspecified atom stereocenters. The second-order valence-electron chi connectivity index (χ2n) is 0.967. The molecule has 0 saturated carbocycles. The predicted octanol–water partition coefficient (Wildman–Crippen LogP) is 2.33. The third-order valence-corrected chi connectivity index (χ3v) is 0.568. The van der Waals surface area contributed by atoms with Crippen molar-refractivity contribution in [2.45, 2.75) is 6.92 Å². The molecule has 0 spiro atoms. The fourth-order valence-electron chi connectivity index (χ4n) is 0.181. The zero-order chi connectivity index (χ0) is 6.57. The molecule has 0 N–H and O–H groups in total. The highest BCUT2D eigenvalue weighted by molar-refractivity contribution is 6.28. The Hall–Kier alpha value is -0.310. The summed E-state index contributed by atoms with van der Waals surface area (Å²) in [4.78, 5) is 0. The molecule has 4 heteroatoms. The van der Waals surface area contributed by atoms with Gasteiger partial charge in [0.25, 0.3) is 5.29 Å². The van der Waals surface area contributed by atoms with Gasteiger partial charge in [-0.3, -0.25) is 0 Å². The highest BCUT2D eigenvalue weighted by Crippen LogP contribution is 2.12. The van der Waals surface area contributed by atoms with Crippen molar-refractivity contribution in [2.75, 3.05) is 6.61 Å². The fourth-order valence-corrected chi connectivity index (χ4v) is 0.236. The average molecular weight is 143 g/mol. The summed E-state index contributed by atoms with van der Waals surface area (Å²) in [6, 6.07) is -1.35. The van der Waals surface area contributed by atoms with E-state index in [2.05, 4.69) is 16.3 Å². The summed E-state index contributed by atoms with van der Waals surface area (Å²) in [6.45, 7) is 1.60. The fraction of sp³-hybridized carbons (Fsp3) is 0.500. The first-order valence-corrected chi connectivity index (χ1v) is 2.39. The lowest BCUT2D eigenvalue weighted by Gasteiger charge is -1.94. The van der Waals surface area contributed by atoms with E-state index in [4.69, 9.17) is 0 Å². The lowest BCUT2D eigenvalue weighted by atomic mass is 10.8. The molecule has 0 radical (unpaired) electrons. The lowest BCUT2D eigenvalue weighted by molar-refractivity contribution is 0.149. The van der Waals surface area contributed by atoms with Crippen LogP contribution in [0.5, 0.6) is 0 Å². The zero-order valence-corrected chi connectivity index (χ0v) is 5.01. The smallest absolute Gasteiger partial charge is 0.321 e. The van der Waals surface area contributed by atoms with Crippen LogP contribution in [-0.2, 0) is 4.74 Å². The van der Waals surface area contributed by atoms with Crippen LogP contribution in [0.25, 0.3) is 0 Å². The summed E-state index contributed by atoms with van der Waals surface area (Å²) in [5.74, 6) is 0. The van der Waals surface area contributed by atoms with Crippen molar-refractivity contribution >= 4 is 11.6 Å². The van der Waals surface area contributed by atoms with Crippen molar-refractivity contribution in [2.24, 2.45) is 0 Å². The number of rotatable bonds is 2. The van der Waals surface area contributed by atoms with Crippen LogP contribution in [0.3, 0.4) is 0 Å². The van der Waals surface area contributed by atoms with Crippen molar-refractivity contribution in [1.29, 1.82) is 0 Å². The van der Waals surface area contributed by atoms with Gasteiger partial charge in [0.2, 0.25) is 0 Å². The summed E-state index contributed by atoms with van der Waals surface area (Å²) in [5, 5.41) is -1.44. The van der Waals surface area contributed by atoms with E-state index >= 15 is 0 Å². The van der Waals surface area contributed by atoms with Gasteiger partial charge in [0.1, 0.15) is 0 Å². The molecular weight excluding hydrogens is 137 g/mol. The minimum absolute atomic E-state index is 0.0754. The SMILES string of the molecule is CCO/C(F)=C(\F)Cl. The summed E-state index contributed by atoms with van der Waals surface area (Å²) >= 11 is 4.52. The Bertz CT molecular complexity index is 98.2. The van der Waals surface area contributed by atoms with E-state index in [0.29, 0.717) is 0 Å². The van der Waals surface area contributed by atoms with Gasteiger partial charge in [-0.05, 0) is 18.5 Å². The van der Waals surface area contributed by atoms with Gasteiger partial charge in [-0.2, -0.15) is 8.78 Å². The van der Waals surface area contributed by atoms with Gasteiger partial charge in [-0.15, -0.1) is 0 Å². The van der Waals surface area contributed by atoms with Crippen LogP contribution < -0.4 is 0 Å². The van der Waals surface area contributed by atoms with Gasteiger partial charge >= 0.3 is 6.01 Å². The van der Waals surface area contributed by atoms with Gasteiger partial charge in [-0.25, -0.2) is 0 Å². The molecule has 0 atom stereocenters. The van der Waals surface area contributed by atoms with Gasteiger partial charge < -0.3 is 4.74 Å². The van der Waals surface area contributed by atoms with Crippen molar-refractivity contribution in [3.63, 3.8) is 0 Å². The standard InChI is InChI=1S/C4H5ClF2O/c1-2-8-4(7)3(5)6/h2H2,1H3/b4-3-. The van der Waals surface area contributed by atoms with Crippen molar-refractivity contribution < 1.29 is 13.5 Å². The zero-order valence-electron chi connectivity index (χ0n) is 4.25. The summed E-state index contributed by atoms with van der Waals surface area (Å²) in [7, 11) is 0. The van der Waals surface area contributed by atoms with E-state index in [-0.39, 0.29) is 6.61 Å². The highest BCUT2D eigenvalue weighted by Gasteiger charge is 2.00. The highest BCUT2D eigenvalue weighted by atomic mass is 35.5. The van der Waals surface area contributed by atoms with E-state index in [1.807, 2.05) is 0 Å². The quantitative estimate of drug-likeness (QED) is 0.538. The lowest BCUT2D eigenvalue weighted by Crippen LogP contribution is -1.84. The monoisotopic (exact) mass is 142 g/mol. The molecule has 0 bridgehead atoms. The van der Waals surface area contributed by atoms with E-state index < -0.39 is 11.3 Å². The molecule has 0 aliphatic carbocycles. The second kappa shape index (κ2) is 3.66. The number of hydrogen-bond acceptors (Lipinski definition) is 1. The molecule has 0 aromatic carbocycles. The van der Waals surface area contributed by atoms with Gasteiger partial charge in [0.15, 0.2) is 0 Å². The average Bonchev–Trinajstić information content (AvgIpc) is 1.67. The number of halogens is 3. The summed E-state index contributed by atoms with van der Waals surface area (Å²) < 4.78 is 27.1. The molecule has 0 aromatic rings. The van der Waals surface area contributed by atoms with Gasteiger partial charge in [0.05, 0.1) is 6.61 Å². The second-order valence-corrected chi connectivity index (χ2v) is 1.30. The van der Waals surface area contributed by atoms with Gasteiger partial charge in [-0.1, -0.05) is 0 Å². The Balaban J connectivity index is 3.62. The largest absolute Gasteiger partial charge is 0.468 e. The molecule has 8 heavy (non-hydrogen) atoms. The van der Waals surface area contributed by atoms with Crippen LogP contribution in [0.15, 0.2) is 11.3 Å². The first-order chi connectivity index (χ1) is 3.68. The molecule has 0 aliphatic heterocycles. The minimum atomic E-state index is -1.44. The topological polar surface area (TPSA) is 9.23 Å². The summed E-state index contributed by atoms with van der Waals surface area (Å²) in [6.07, 6.45) is 0. The van der Waals surface area contributed by atoms with Crippen molar-refractivity contribution in [1.82, 2.24) is 0 Å². The van der Waals surface area contributed by atoms with Crippen molar-refractivity contribution in [3.05, 3.63) is 11.3 Å². The third kappa shape index (κ3) is 2.80. The number of hydrogen-bond donors (Lipinski definition) is 0. The normalized spacial score (nSPS) is 13.0. The Morgan fingerprint density at radius 2 is 2.12 bits per heavy atom. The maximum Gasteiger partial charge on any atom is 0.321 e.